The summed E-state index contributed by atoms with van der Waals surface area (Å²) >= 11 is 0. The van der Waals surface area contributed by atoms with Crippen LogP contribution in [0.1, 0.15) is 5.56 Å². The van der Waals surface area contributed by atoms with Crippen molar-refractivity contribution in [2.45, 2.75) is 0 Å². The third kappa shape index (κ3) is 3.64. The first-order valence-corrected chi connectivity index (χ1v) is 5.59. The minimum absolute atomic E-state index is 0.285. The fraction of sp³-hybridized carbons (Fsp3) is 0. The van der Waals surface area contributed by atoms with E-state index in [4.69, 9.17) is 5.73 Å². The average Bonchev–Trinajstić information content (AvgIpc) is 2.39. The summed E-state index contributed by atoms with van der Waals surface area (Å²) in [6.45, 7) is 0. The first kappa shape index (κ1) is 12.8. The second-order valence-corrected chi connectivity index (χ2v) is 3.87. The second kappa shape index (κ2) is 5.77. The zero-order valence-corrected chi connectivity index (χ0v) is 10.0. The van der Waals surface area contributed by atoms with Crippen LogP contribution in [0.3, 0.4) is 0 Å². The van der Waals surface area contributed by atoms with Gasteiger partial charge < -0.3 is 5.73 Å². The quantitative estimate of drug-likeness (QED) is 0.643. The summed E-state index contributed by atoms with van der Waals surface area (Å²) in [5.41, 5.74) is 9.41. The number of carbonyl (C=O) groups excluding carboxylic acids is 1. The summed E-state index contributed by atoms with van der Waals surface area (Å²) in [6.07, 6.45) is 1.47. The minimum Gasteiger partial charge on any atom is -0.350 e. The highest BCUT2D eigenvalue weighted by Crippen LogP contribution is 2.20. The van der Waals surface area contributed by atoms with Crippen LogP contribution >= 0.6 is 0 Å². The number of hydrazone groups is 1. The van der Waals surface area contributed by atoms with Gasteiger partial charge in [-0.2, -0.15) is 5.10 Å². The molecule has 0 radical (unpaired) electrons. The molecule has 0 atom stereocenters. The Bertz CT molecular complexity index is 626. The van der Waals surface area contributed by atoms with Gasteiger partial charge in [-0.15, -0.1) is 0 Å². The van der Waals surface area contributed by atoms with Gasteiger partial charge in [0, 0.05) is 0 Å². The number of amides is 2. The number of nitrogens with zero attached hydrogens (tertiary/aromatic N) is 1. The van der Waals surface area contributed by atoms with Crippen LogP contribution in [0.15, 0.2) is 53.6 Å². The van der Waals surface area contributed by atoms with Crippen molar-refractivity contribution in [3.8, 4) is 11.1 Å². The molecular formula is C14H12FN3O. The number of rotatable bonds is 3. The van der Waals surface area contributed by atoms with Crippen molar-refractivity contribution in [3.63, 3.8) is 0 Å². The molecule has 4 nitrogen and oxygen atoms in total. The molecule has 0 bridgehead atoms. The topological polar surface area (TPSA) is 67.5 Å². The van der Waals surface area contributed by atoms with Crippen LogP contribution in [0, 0.1) is 5.82 Å². The molecule has 96 valence electrons. The van der Waals surface area contributed by atoms with Gasteiger partial charge in [0.05, 0.1) is 6.21 Å². The van der Waals surface area contributed by atoms with Crippen molar-refractivity contribution in [3.05, 3.63) is 59.9 Å². The first-order chi connectivity index (χ1) is 9.15. The van der Waals surface area contributed by atoms with Crippen LogP contribution < -0.4 is 11.2 Å². The molecule has 3 N–H and O–H groups in total. The highest BCUT2D eigenvalue weighted by molar-refractivity contribution is 5.83. The molecule has 19 heavy (non-hydrogen) atoms. The molecule has 2 amide bonds. The van der Waals surface area contributed by atoms with E-state index < -0.39 is 6.03 Å². The number of halogens is 1. The lowest BCUT2D eigenvalue weighted by Crippen LogP contribution is -2.24. The molecule has 2 rings (SSSR count). The highest BCUT2D eigenvalue weighted by Gasteiger charge is 1.99. The maximum absolute atomic E-state index is 13.2. The number of nitrogens with one attached hydrogen (secondary N) is 1. The van der Waals surface area contributed by atoms with Crippen molar-refractivity contribution in [1.82, 2.24) is 5.43 Å². The van der Waals surface area contributed by atoms with E-state index >= 15 is 0 Å². The van der Waals surface area contributed by atoms with Crippen LogP contribution in [-0.2, 0) is 0 Å². The maximum Gasteiger partial charge on any atom is 0.332 e. The van der Waals surface area contributed by atoms with Crippen molar-refractivity contribution in [1.29, 1.82) is 0 Å². The number of nitrogens with two attached hydrogens (primary N) is 1. The van der Waals surface area contributed by atoms with Crippen LogP contribution in [-0.4, -0.2) is 12.2 Å². The Morgan fingerprint density at radius 1 is 1.16 bits per heavy atom. The summed E-state index contributed by atoms with van der Waals surface area (Å²) in [4.78, 5) is 10.5. The van der Waals surface area contributed by atoms with Gasteiger partial charge in [0.1, 0.15) is 5.82 Å². The molecule has 0 heterocycles. The van der Waals surface area contributed by atoms with Gasteiger partial charge in [-0.1, -0.05) is 30.3 Å². The van der Waals surface area contributed by atoms with E-state index in [1.54, 1.807) is 6.07 Å². The predicted octanol–water partition coefficient (Wildman–Crippen LogP) is 2.49. The first-order valence-electron chi connectivity index (χ1n) is 5.59. The Morgan fingerprint density at radius 3 is 2.53 bits per heavy atom. The molecule has 0 unspecified atom stereocenters. The number of hydrogen-bond donors (Lipinski definition) is 2. The van der Waals surface area contributed by atoms with Gasteiger partial charge in [-0.25, -0.2) is 14.6 Å². The molecule has 0 fully saturated rings. The van der Waals surface area contributed by atoms with Crippen LogP contribution in [0.2, 0.25) is 0 Å². The zero-order valence-electron chi connectivity index (χ0n) is 10.0. The Hall–Kier alpha value is -2.69. The molecule has 2 aromatic rings. The molecule has 5 heteroatoms. The Morgan fingerprint density at radius 2 is 1.84 bits per heavy atom. The number of benzene rings is 2. The average molecular weight is 257 g/mol. The SMILES string of the molecule is NC(=O)NN=Cc1cccc(-c2cccc(F)c2)c1. The molecule has 0 saturated heterocycles. The third-order valence-corrected chi connectivity index (χ3v) is 2.43. The normalized spacial score (nSPS) is 10.6. The van der Waals surface area contributed by atoms with E-state index in [-0.39, 0.29) is 5.82 Å². The summed E-state index contributed by atoms with van der Waals surface area (Å²) < 4.78 is 13.2. The van der Waals surface area contributed by atoms with Gasteiger partial charge in [-0.05, 0) is 34.9 Å². The van der Waals surface area contributed by atoms with Crippen LogP contribution in [0.5, 0.6) is 0 Å². The van der Waals surface area contributed by atoms with E-state index in [0.29, 0.717) is 0 Å². The van der Waals surface area contributed by atoms with E-state index in [0.717, 1.165) is 16.7 Å². The van der Waals surface area contributed by atoms with Gasteiger partial charge >= 0.3 is 6.03 Å². The number of carbonyl (C=O) groups is 1. The Labute approximate surface area is 109 Å². The monoisotopic (exact) mass is 257 g/mol. The number of hydrogen-bond acceptors (Lipinski definition) is 2. The number of primary amides is 1. The zero-order chi connectivity index (χ0) is 13.7. The van der Waals surface area contributed by atoms with Crippen molar-refractivity contribution < 1.29 is 9.18 Å². The summed E-state index contributed by atoms with van der Waals surface area (Å²) in [5, 5.41) is 3.67. The van der Waals surface area contributed by atoms with Gasteiger partial charge in [0.2, 0.25) is 0 Å². The third-order valence-electron chi connectivity index (χ3n) is 2.43. The smallest absolute Gasteiger partial charge is 0.332 e. The molecule has 0 aliphatic heterocycles. The predicted molar refractivity (Wildman–Crippen MR) is 72.1 cm³/mol. The molecule has 0 spiro atoms. The molecule has 0 aliphatic rings. The molecule has 2 aromatic carbocycles. The van der Waals surface area contributed by atoms with E-state index in [1.165, 1.54) is 18.3 Å². The lowest BCUT2D eigenvalue weighted by atomic mass is 10.0. The van der Waals surface area contributed by atoms with E-state index in [2.05, 4.69) is 10.5 Å². The molecule has 0 aromatic heterocycles. The van der Waals surface area contributed by atoms with E-state index in [1.807, 2.05) is 30.3 Å². The Kier molecular flexibility index (Phi) is 3.87. The maximum atomic E-state index is 13.2. The minimum atomic E-state index is -0.725. The van der Waals surface area contributed by atoms with E-state index in [9.17, 15) is 9.18 Å². The summed E-state index contributed by atoms with van der Waals surface area (Å²) in [7, 11) is 0. The fourth-order valence-electron chi connectivity index (χ4n) is 1.64. The Balaban J connectivity index is 2.24. The number of urea groups is 1. The standard InChI is InChI=1S/C14H12FN3O/c15-13-6-2-5-12(8-13)11-4-1-3-10(7-11)9-17-18-14(16)19/h1-9H,(H3,16,18,19). The second-order valence-electron chi connectivity index (χ2n) is 3.87. The summed E-state index contributed by atoms with van der Waals surface area (Å²) in [5.74, 6) is -0.285. The lowest BCUT2D eigenvalue weighted by molar-refractivity contribution is 0.249. The van der Waals surface area contributed by atoms with Crippen molar-refractivity contribution >= 4 is 12.2 Å². The van der Waals surface area contributed by atoms with Crippen molar-refractivity contribution in [2.24, 2.45) is 10.8 Å². The molecule has 0 aliphatic carbocycles. The lowest BCUT2D eigenvalue weighted by Gasteiger charge is -2.03. The van der Waals surface area contributed by atoms with Crippen molar-refractivity contribution in [2.75, 3.05) is 0 Å². The van der Waals surface area contributed by atoms with Crippen LogP contribution in [0.25, 0.3) is 11.1 Å². The fourth-order valence-corrected chi connectivity index (χ4v) is 1.64. The largest absolute Gasteiger partial charge is 0.350 e. The highest BCUT2D eigenvalue weighted by atomic mass is 19.1. The summed E-state index contributed by atoms with van der Waals surface area (Å²) in [6, 6.07) is 12.9. The van der Waals surface area contributed by atoms with Crippen LogP contribution in [0.4, 0.5) is 9.18 Å². The molecule has 0 saturated carbocycles. The van der Waals surface area contributed by atoms with Gasteiger partial charge in [-0.3, -0.25) is 0 Å². The van der Waals surface area contributed by atoms with Gasteiger partial charge in [0.15, 0.2) is 0 Å². The molecular weight excluding hydrogens is 245 g/mol. The van der Waals surface area contributed by atoms with Gasteiger partial charge in [0.25, 0.3) is 0 Å².